The van der Waals surface area contributed by atoms with Gasteiger partial charge in [0.15, 0.2) is 0 Å². The van der Waals surface area contributed by atoms with Crippen molar-refractivity contribution >= 4 is 39.8 Å². The highest BCUT2D eigenvalue weighted by atomic mass is 35.5. The SMILES string of the molecule is Nc1ccc(Cl)cc1CNC(=O)c1cn(C2CC2)c2cc(N3CCNCC3)c(F)cc2c1=O. The molecule has 0 radical (unpaired) electrons. The number of fused-ring (bicyclic) bond motifs is 1. The average molecular weight is 470 g/mol. The van der Waals surface area contributed by atoms with Gasteiger partial charge in [0.25, 0.3) is 5.91 Å². The van der Waals surface area contributed by atoms with E-state index in [0.717, 1.165) is 25.9 Å². The maximum absolute atomic E-state index is 15.1. The second-order valence-electron chi connectivity index (χ2n) is 8.59. The van der Waals surface area contributed by atoms with Crippen LogP contribution in [-0.2, 0) is 6.54 Å². The molecule has 4 N–H and O–H groups in total. The van der Waals surface area contributed by atoms with Crippen molar-refractivity contribution in [1.29, 1.82) is 0 Å². The molecule has 1 aliphatic heterocycles. The van der Waals surface area contributed by atoms with Gasteiger partial charge in [0.1, 0.15) is 11.4 Å². The Labute approximate surface area is 195 Å². The van der Waals surface area contributed by atoms with E-state index in [1.807, 2.05) is 9.47 Å². The van der Waals surface area contributed by atoms with Crippen molar-refractivity contribution in [2.75, 3.05) is 36.8 Å². The lowest BCUT2D eigenvalue weighted by Crippen LogP contribution is -2.44. The van der Waals surface area contributed by atoms with Crippen molar-refractivity contribution in [2.24, 2.45) is 0 Å². The molecule has 0 bridgehead atoms. The quantitative estimate of drug-likeness (QED) is 0.499. The maximum Gasteiger partial charge on any atom is 0.257 e. The fourth-order valence-electron chi connectivity index (χ4n) is 4.32. The van der Waals surface area contributed by atoms with Crippen molar-refractivity contribution in [2.45, 2.75) is 25.4 Å². The number of rotatable bonds is 5. The van der Waals surface area contributed by atoms with Crippen molar-refractivity contribution in [3.05, 3.63) is 68.7 Å². The van der Waals surface area contributed by atoms with E-state index in [9.17, 15) is 9.59 Å². The van der Waals surface area contributed by atoms with Crippen LogP contribution in [0.15, 0.2) is 41.3 Å². The van der Waals surface area contributed by atoms with E-state index in [-0.39, 0.29) is 23.5 Å². The van der Waals surface area contributed by atoms with Crippen molar-refractivity contribution in [3.63, 3.8) is 0 Å². The molecule has 2 heterocycles. The average Bonchev–Trinajstić information content (AvgIpc) is 3.65. The third-order valence-corrected chi connectivity index (χ3v) is 6.52. The van der Waals surface area contributed by atoms with E-state index in [0.29, 0.717) is 40.6 Å². The smallest absolute Gasteiger partial charge is 0.257 e. The summed E-state index contributed by atoms with van der Waals surface area (Å²) in [6.45, 7) is 3.08. The summed E-state index contributed by atoms with van der Waals surface area (Å²) < 4.78 is 17.0. The van der Waals surface area contributed by atoms with Crippen molar-refractivity contribution in [1.82, 2.24) is 15.2 Å². The minimum atomic E-state index is -0.526. The number of halogens is 2. The van der Waals surface area contributed by atoms with Crippen LogP contribution in [-0.4, -0.2) is 36.7 Å². The molecule has 172 valence electrons. The van der Waals surface area contributed by atoms with E-state index in [1.165, 1.54) is 6.07 Å². The van der Waals surface area contributed by atoms with Gasteiger partial charge < -0.3 is 25.8 Å². The van der Waals surface area contributed by atoms with Gasteiger partial charge in [-0.3, -0.25) is 9.59 Å². The molecule has 2 fully saturated rings. The Balaban J connectivity index is 1.52. The van der Waals surface area contributed by atoms with Gasteiger partial charge in [0.2, 0.25) is 5.43 Å². The first-order chi connectivity index (χ1) is 15.9. The third kappa shape index (κ3) is 4.28. The van der Waals surface area contributed by atoms with Gasteiger partial charge in [-0.1, -0.05) is 11.6 Å². The fourth-order valence-corrected chi connectivity index (χ4v) is 4.52. The molecule has 7 nitrogen and oxygen atoms in total. The number of pyridine rings is 1. The van der Waals surface area contributed by atoms with Crippen LogP contribution in [0, 0.1) is 5.82 Å². The van der Waals surface area contributed by atoms with Crippen LogP contribution < -0.4 is 26.7 Å². The molecule has 9 heteroatoms. The predicted molar refractivity (Wildman–Crippen MR) is 129 cm³/mol. The van der Waals surface area contributed by atoms with Crippen LogP contribution in [0.2, 0.25) is 5.02 Å². The Kier molecular flexibility index (Phi) is 5.72. The molecule has 1 aromatic heterocycles. The summed E-state index contributed by atoms with van der Waals surface area (Å²) in [6.07, 6.45) is 3.52. The summed E-state index contributed by atoms with van der Waals surface area (Å²) in [4.78, 5) is 28.2. The summed E-state index contributed by atoms with van der Waals surface area (Å²) in [5.41, 5.74) is 7.77. The van der Waals surface area contributed by atoms with Gasteiger partial charge >= 0.3 is 0 Å². The summed E-state index contributed by atoms with van der Waals surface area (Å²) >= 11 is 6.02. The third-order valence-electron chi connectivity index (χ3n) is 6.29. The molecule has 0 unspecified atom stereocenters. The highest BCUT2D eigenvalue weighted by molar-refractivity contribution is 6.30. The fraction of sp³-hybridized carbons (Fsp3) is 0.333. The number of hydrogen-bond donors (Lipinski definition) is 3. The van der Waals surface area contributed by atoms with E-state index in [1.54, 1.807) is 30.5 Å². The first-order valence-corrected chi connectivity index (χ1v) is 11.5. The standard InChI is InChI=1S/C24H25ClFN5O2/c25-15-1-4-20(27)14(9-15)12-29-24(33)18-13-31(16-2-3-16)21-11-22(30-7-5-28-6-8-30)19(26)10-17(21)23(18)32/h1,4,9-11,13,16,28H,2-3,5-8,12,27H2,(H,29,33). The van der Waals surface area contributed by atoms with Gasteiger partial charge in [-0.05, 0) is 48.7 Å². The molecule has 1 saturated carbocycles. The van der Waals surface area contributed by atoms with Crippen LogP contribution in [0.4, 0.5) is 15.8 Å². The molecule has 1 saturated heterocycles. The van der Waals surface area contributed by atoms with Gasteiger partial charge in [-0.25, -0.2) is 4.39 Å². The maximum atomic E-state index is 15.1. The summed E-state index contributed by atoms with van der Waals surface area (Å²) in [7, 11) is 0. The number of nitrogens with two attached hydrogens (primary N) is 1. The van der Waals surface area contributed by atoms with E-state index < -0.39 is 17.2 Å². The number of carbonyl (C=O) groups excluding carboxylic acids is 1. The summed E-state index contributed by atoms with van der Waals surface area (Å²) in [6, 6.07) is 8.24. The molecule has 1 aliphatic carbocycles. The number of carbonyl (C=O) groups is 1. The highest BCUT2D eigenvalue weighted by Gasteiger charge is 2.28. The predicted octanol–water partition coefficient (Wildman–Crippen LogP) is 3.05. The molecular weight excluding hydrogens is 445 g/mol. The lowest BCUT2D eigenvalue weighted by Gasteiger charge is -2.30. The van der Waals surface area contributed by atoms with Crippen LogP contribution in [0.5, 0.6) is 0 Å². The summed E-state index contributed by atoms with van der Waals surface area (Å²) in [5, 5.41) is 6.74. The zero-order chi connectivity index (χ0) is 23.1. The number of piperazine rings is 1. The molecule has 33 heavy (non-hydrogen) atoms. The number of nitrogen functional groups attached to an aromatic ring is 1. The Morgan fingerprint density at radius 1 is 1.21 bits per heavy atom. The van der Waals surface area contributed by atoms with E-state index >= 15 is 4.39 Å². The number of anilines is 2. The topological polar surface area (TPSA) is 92.4 Å². The lowest BCUT2D eigenvalue weighted by atomic mass is 10.1. The van der Waals surface area contributed by atoms with Crippen LogP contribution in [0.1, 0.15) is 34.8 Å². The molecule has 1 amide bonds. The normalized spacial score (nSPS) is 16.2. The Morgan fingerprint density at radius 2 is 1.97 bits per heavy atom. The molecule has 0 atom stereocenters. The first-order valence-electron chi connectivity index (χ1n) is 11.1. The van der Waals surface area contributed by atoms with E-state index in [2.05, 4.69) is 10.6 Å². The Hall–Kier alpha value is -3.10. The molecule has 2 aliphatic rings. The monoisotopic (exact) mass is 469 g/mol. The molecular formula is C24H25ClFN5O2. The second kappa shape index (κ2) is 8.68. The number of amides is 1. The van der Waals surface area contributed by atoms with Crippen LogP contribution in [0.25, 0.3) is 10.9 Å². The van der Waals surface area contributed by atoms with Crippen LogP contribution in [0.3, 0.4) is 0 Å². The van der Waals surface area contributed by atoms with Gasteiger partial charge in [0, 0.05) is 61.1 Å². The minimum absolute atomic E-state index is 0.00989. The molecule has 2 aromatic carbocycles. The molecule has 0 spiro atoms. The van der Waals surface area contributed by atoms with Crippen molar-refractivity contribution < 1.29 is 9.18 Å². The molecule has 3 aromatic rings. The number of nitrogens with one attached hydrogen (secondary N) is 2. The Bertz CT molecular complexity index is 1300. The lowest BCUT2D eigenvalue weighted by molar-refractivity contribution is 0.0949. The van der Waals surface area contributed by atoms with Gasteiger partial charge in [0.05, 0.1) is 11.2 Å². The minimum Gasteiger partial charge on any atom is -0.398 e. The number of aromatic nitrogens is 1. The number of benzene rings is 2. The number of nitrogens with zero attached hydrogens (tertiary/aromatic N) is 2. The Morgan fingerprint density at radius 3 is 2.70 bits per heavy atom. The second-order valence-corrected chi connectivity index (χ2v) is 9.03. The summed E-state index contributed by atoms with van der Waals surface area (Å²) in [5.74, 6) is -0.977. The van der Waals surface area contributed by atoms with Gasteiger partial charge in [-0.15, -0.1) is 0 Å². The van der Waals surface area contributed by atoms with Crippen LogP contribution >= 0.6 is 11.6 Å². The number of hydrogen-bond acceptors (Lipinski definition) is 5. The van der Waals surface area contributed by atoms with E-state index in [4.69, 9.17) is 17.3 Å². The molecule has 5 rings (SSSR count). The highest BCUT2D eigenvalue weighted by Crippen LogP contribution is 2.38. The first kappa shape index (κ1) is 21.7. The van der Waals surface area contributed by atoms with Crippen molar-refractivity contribution in [3.8, 4) is 0 Å². The largest absolute Gasteiger partial charge is 0.398 e. The zero-order valence-corrected chi connectivity index (χ0v) is 18.8. The van der Waals surface area contributed by atoms with Gasteiger partial charge in [-0.2, -0.15) is 0 Å². The zero-order valence-electron chi connectivity index (χ0n) is 18.0.